The topological polar surface area (TPSA) is 69.6 Å². The van der Waals surface area contributed by atoms with Crippen molar-refractivity contribution >= 4 is 5.91 Å². The van der Waals surface area contributed by atoms with Crippen LogP contribution in [0.1, 0.15) is 51.9 Å². The Kier molecular flexibility index (Phi) is 5.92. The van der Waals surface area contributed by atoms with Crippen molar-refractivity contribution < 1.29 is 15.0 Å². The highest BCUT2D eigenvalue weighted by Gasteiger charge is 2.31. The highest BCUT2D eigenvalue weighted by atomic mass is 16.3. The third kappa shape index (κ3) is 3.96. The predicted octanol–water partition coefficient (Wildman–Crippen LogP) is 1.21. The van der Waals surface area contributed by atoms with Gasteiger partial charge in [-0.1, -0.05) is 32.6 Å². The Balaban J connectivity index is 2.56. The molecule has 0 unspecified atom stereocenters. The van der Waals surface area contributed by atoms with Gasteiger partial charge in [0.05, 0.1) is 18.8 Å². The average molecular weight is 243 g/mol. The zero-order chi connectivity index (χ0) is 12.7. The van der Waals surface area contributed by atoms with Crippen LogP contribution in [0.5, 0.6) is 0 Å². The fourth-order valence-corrected chi connectivity index (χ4v) is 2.35. The van der Waals surface area contributed by atoms with E-state index >= 15 is 0 Å². The summed E-state index contributed by atoms with van der Waals surface area (Å²) >= 11 is 0. The quantitative estimate of drug-likeness (QED) is 0.636. The van der Waals surface area contributed by atoms with Gasteiger partial charge in [0, 0.05) is 5.92 Å². The number of amides is 1. The number of hydrogen-bond donors (Lipinski definition) is 3. The number of carbonyl (C=O) groups is 1. The van der Waals surface area contributed by atoms with Crippen molar-refractivity contribution in [2.75, 3.05) is 13.2 Å². The molecule has 0 bridgehead atoms. The van der Waals surface area contributed by atoms with E-state index in [-0.39, 0.29) is 25.0 Å². The van der Waals surface area contributed by atoms with Crippen LogP contribution in [0.4, 0.5) is 0 Å². The molecule has 4 heteroatoms. The predicted molar refractivity (Wildman–Crippen MR) is 66.5 cm³/mol. The number of aliphatic hydroxyl groups is 2. The molecule has 0 aromatic rings. The van der Waals surface area contributed by atoms with Crippen molar-refractivity contribution in [3.63, 3.8) is 0 Å². The molecular formula is C13H25NO3. The first kappa shape index (κ1) is 14.5. The molecule has 3 N–H and O–H groups in total. The number of carbonyl (C=O) groups excluding carboxylic acids is 1. The molecular weight excluding hydrogens is 218 g/mol. The summed E-state index contributed by atoms with van der Waals surface area (Å²) in [6.07, 6.45) is 7.04. The largest absolute Gasteiger partial charge is 0.394 e. The second-order valence-electron chi connectivity index (χ2n) is 5.13. The van der Waals surface area contributed by atoms with Gasteiger partial charge in [0.1, 0.15) is 0 Å². The van der Waals surface area contributed by atoms with Gasteiger partial charge in [-0.2, -0.15) is 0 Å². The van der Waals surface area contributed by atoms with E-state index < -0.39 is 5.54 Å². The zero-order valence-electron chi connectivity index (χ0n) is 10.7. The lowest BCUT2D eigenvalue weighted by Crippen LogP contribution is -2.55. The minimum Gasteiger partial charge on any atom is -0.394 e. The van der Waals surface area contributed by atoms with Crippen LogP contribution in [0.2, 0.25) is 0 Å². The van der Waals surface area contributed by atoms with E-state index in [9.17, 15) is 15.0 Å². The van der Waals surface area contributed by atoms with Gasteiger partial charge in [0.15, 0.2) is 0 Å². The van der Waals surface area contributed by atoms with Crippen LogP contribution in [-0.4, -0.2) is 34.9 Å². The van der Waals surface area contributed by atoms with Crippen molar-refractivity contribution in [1.29, 1.82) is 0 Å². The fraction of sp³-hybridized carbons (Fsp3) is 0.923. The van der Waals surface area contributed by atoms with Crippen molar-refractivity contribution in [1.82, 2.24) is 5.32 Å². The molecule has 1 rings (SSSR count). The lowest BCUT2D eigenvalue weighted by molar-refractivity contribution is -0.128. The maximum atomic E-state index is 12.1. The maximum Gasteiger partial charge on any atom is 0.223 e. The van der Waals surface area contributed by atoms with Crippen molar-refractivity contribution in [3.8, 4) is 0 Å². The number of hydrogen-bond acceptors (Lipinski definition) is 3. The van der Waals surface area contributed by atoms with E-state index in [0.29, 0.717) is 6.42 Å². The lowest BCUT2D eigenvalue weighted by Gasteiger charge is -2.31. The van der Waals surface area contributed by atoms with Gasteiger partial charge < -0.3 is 15.5 Å². The van der Waals surface area contributed by atoms with Gasteiger partial charge in [-0.25, -0.2) is 0 Å². The smallest absolute Gasteiger partial charge is 0.223 e. The highest BCUT2D eigenvalue weighted by molar-refractivity contribution is 5.79. The van der Waals surface area contributed by atoms with Crippen LogP contribution in [0, 0.1) is 5.92 Å². The Labute approximate surface area is 103 Å². The Bertz CT molecular complexity index is 223. The summed E-state index contributed by atoms with van der Waals surface area (Å²) in [5, 5.41) is 21.4. The summed E-state index contributed by atoms with van der Waals surface area (Å²) in [4.78, 5) is 12.1. The molecule has 0 aliphatic heterocycles. The van der Waals surface area contributed by atoms with Gasteiger partial charge in [0.2, 0.25) is 5.91 Å². The molecule has 0 radical (unpaired) electrons. The van der Waals surface area contributed by atoms with Crippen LogP contribution in [0.25, 0.3) is 0 Å². The Hall–Kier alpha value is -0.610. The molecule has 0 aromatic carbocycles. The molecule has 1 aliphatic rings. The molecule has 0 saturated heterocycles. The van der Waals surface area contributed by atoms with Crippen LogP contribution >= 0.6 is 0 Å². The van der Waals surface area contributed by atoms with Crippen molar-refractivity contribution in [2.24, 2.45) is 5.92 Å². The Morgan fingerprint density at radius 3 is 2.12 bits per heavy atom. The minimum atomic E-state index is -0.844. The Morgan fingerprint density at radius 1 is 1.18 bits per heavy atom. The van der Waals surface area contributed by atoms with Crippen LogP contribution in [0.3, 0.4) is 0 Å². The van der Waals surface area contributed by atoms with Gasteiger partial charge in [-0.15, -0.1) is 0 Å². The van der Waals surface area contributed by atoms with Gasteiger partial charge in [0.25, 0.3) is 0 Å². The van der Waals surface area contributed by atoms with Gasteiger partial charge in [-0.05, 0) is 19.3 Å². The van der Waals surface area contributed by atoms with Crippen LogP contribution in [0.15, 0.2) is 0 Å². The molecule has 1 saturated carbocycles. The SMILES string of the molecule is CCC(CO)(CO)NC(=O)C1CCCCCC1. The number of nitrogens with one attached hydrogen (secondary N) is 1. The molecule has 4 nitrogen and oxygen atoms in total. The third-order valence-electron chi connectivity index (χ3n) is 3.90. The van der Waals surface area contributed by atoms with Crippen molar-refractivity contribution in [2.45, 2.75) is 57.4 Å². The standard InChI is InChI=1S/C13H25NO3/c1-2-13(9-15,10-16)14-12(17)11-7-5-3-4-6-8-11/h11,15-16H,2-10H2,1H3,(H,14,17). The first-order valence-electron chi connectivity index (χ1n) is 6.71. The van der Waals surface area contributed by atoms with E-state index in [2.05, 4.69) is 5.32 Å². The van der Waals surface area contributed by atoms with Crippen LogP contribution < -0.4 is 5.32 Å². The summed E-state index contributed by atoms with van der Waals surface area (Å²) in [6.45, 7) is 1.44. The van der Waals surface area contributed by atoms with Gasteiger partial charge >= 0.3 is 0 Å². The number of rotatable bonds is 5. The molecule has 1 amide bonds. The van der Waals surface area contributed by atoms with E-state index in [1.165, 1.54) is 12.8 Å². The highest BCUT2D eigenvalue weighted by Crippen LogP contribution is 2.24. The minimum absolute atomic E-state index is 0.00292. The van der Waals surface area contributed by atoms with Crippen molar-refractivity contribution in [3.05, 3.63) is 0 Å². The van der Waals surface area contributed by atoms with E-state index in [4.69, 9.17) is 0 Å². The molecule has 100 valence electrons. The number of aliphatic hydroxyl groups excluding tert-OH is 2. The monoisotopic (exact) mass is 243 g/mol. The molecule has 0 atom stereocenters. The summed E-state index contributed by atoms with van der Waals surface area (Å²) in [7, 11) is 0. The second kappa shape index (κ2) is 6.97. The molecule has 0 heterocycles. The summed E-state index contributed by atoms with van der Waals surface area (Å²) in [5.41, 5.74) is -0.844. The zero-order valence-corrected chi connectivity index (χ0v) is 10.7. The first-order valence-corrected chi connectivity index (χ1v) is 6.71. The molecule has 0 spiro atoms. The van der Waals surface area contributed by atoms with Crippen LogP contribution in [-0.2, 0) is 4.79 Å². The second-order valence-corrected chi connectivity index (χ2v) is 5.13. The average Bonchev–Trinajstić information content (AvgIpc) is 2.65. The molecule has 1 aliphatic carbocycles. The molecule has 1 fully saturated rings. The summed E-state index contributed by atoms with van der Waals surface area (Å²) in [6, 6.07) is 0. The third-order valence-corrected chi connectivity index (χ3v) is 3.90. The lowest BCUT2D eigenvalue weighted by atomic mass is 9.94. The molecule has 0 aromatic heterocycles. The van der Waals surface area contributed by atoms with E-state index in [1.54, 1.807) is 0 Å². The van der Waals surface area contributed by atoms with Gasteiger partial charge in [-0.3, -0.25) is 4.79 Å². The van der Waals surface area contributed by atoms with E-state index in [1.807, 2.05) is 6.92 Å². The summed E-state index contributed by atoms with van der Waals surface area (Å²) in [5.74, 6) is 0.0541. The normalized spacial score (nSPS) is 18.8. The Morgan fingerprint density at radius 2 is 1.71 bits per heavy atom. The van der Waals surface area contributed by atoms with E-state index in [0.717, 1.165) is 25.7 Å². The maximum absolute atomic E-state index is 12.1. The first-order chi connectivity index (χ1) is 8.17. The molecule has 17 heavy (non-hydrogen) atoms. The summed E-state index contributed by atoms with van der Waals surface area (Å²) < 4.78 is 0. The fourth-order valence-electron chi connectivity index (χ4n) is 2.35.